The number of aliphatic hydroxyl groups is 1. The molecule has 1 atom stereocenters. The largest absolute Gasteiger partial charge is 0.464 e. The predicted octanol–water partition coefficient (Wildman–Crippen LogP) is 8.32. The first-order valence-corrected chi connectivity index (χ1v) is 13.1. The number of hydrogen-bond donors (Lipinski definition) is 1. The van der Waals surface area contributed by atoms with Gasteiger partial charge in [0.2, 0.25) is 0 Å². The molecule has 3 aromatic rings. The van der Waals surface area contributed by atoms with Gasteiger partial charge in [-0.3, -0.25) is 4.79 Å². The van der Waals surface area contributed by atoms with Crippen LogP contribution in [-0.2, 0) is 4.79 Å². The maximum atomic E-state index is 12.7. The highest BCUT2D eigenvalue weighted by Crippen LogP contribution is 2.43. The van der Waals surface area contributed by atoms with Crippen LogP contribution in [0.3, 0.4) is 0 Å². The summed E-state index contributed by atoms with van der Waals surface area (Å²) < 4.78 is 12.1. The fourth-order valence-corrected chi connectivity index (χ4v) is 4.44. The fraction of sp³-hybridized carbons (Fsp3) is 0.500. The van der Waals surface area contributed by atoms with Crippen LogP contribution in [0.1, 0.15) is 90.9 Å². The average Bonchev–Trinajstić information content (AvgIpc) is 2.85. The Labute approximate surface area is 204 Å². The van der Waals surface area contributed by atoms with E-state index in [2.05, 4.69) is 13.8 Å². The van der Waals surface area contributed by atoms with Crippen molar-refractivity contribution in [1.82, 2.24) is 0 Å². The summed E-state index contributed by atoms with van der Waals surface area (Å²) in [5.41, 5.74) is 0. The summed E-state index contributed by atoms with van der Waals surface area (Å²) >= 11 is 0. The highest BCUT2D eigenvalue weighted by molar-refractivity contribution is 6.11. The molecule has 0 spiro atoms. The summed E-state index contributed by atoms with van der Waals surface area (Å²) in [6.07, 6.45) is 11.2. The summed E-state index contributed by atoms with van der Waals surface area (Å²) in [5.74, 6) is 1.02. The van der Waals surface area contributed by atoms with Crippen LogP contribution in [0.2, 0.25) is 0 Å². The molecule has 0 aliphatic heterocycles. The Hall–Kier alpha value is -2.59. The molecule has 0 saturated heterocycles. The minimum Gasteiger partial charge on any atom is -0.464 e. The summed E-state index contributed by atoms with van der Waals surface area (Å²) in [4.78, 5) is 12.7. The molecule has 184 valence electrons. The molecule has 0 amide bonds. The molecule has 4 nitrogen and oxygen atoms in total. The number of fused-ring (bicyclic) bond motifs is 2. The van der Waals surface area contributed by atoms with Crippen molar-refractivity contribution in [1.29, 1.82) is 0 Å². The molecule has 0 fully saturated rings. The monoisotopic (exact) mass is 464 g/mol. The highest BCUT2D eigenvalue weighted by Gasteiger charge is 2.19. The van der Waals surface area contributed by atoms with Crippen molar-refractivity contribution < 1.29 is 19.4 Å². The van der Waals surface area contributed by atoms with Crippen LogP contribution < -0.4 is 9.47 Å². The number of carbonyl (C=O) groups is 1. The molecule has 4 heteroatoms. The lowest BCUT2D eigenvalue weighted by Gasteiger charge is -2.20. The van der Waals surface area contributed by atoms with E-state index in [-0.39, 0.29) is 5.97 Å². The first-order chi connectivity index (χ1) is 16.7. The van der Waals surface area contributed by atoms with E-state index in [1.807, 2.05) is 48.5 Å². The van der Waals surface area contributed by atoms with Gasteiger partial charge in [0.25, 0.3) is 0 Å². The lowest BCUT2D eigenvalue weighted by molar-refractivity contribution is -0.134. The Morgan fingerprint density at radius 2 is 1.18 bits per heavy atom. The third-order valence-electron chi connectivity index (χ3n) is 6.34. The minimum absolute atomic E-state index is 0.201. The average molecular weight is 465 g/mol. The molecule has 3 aromatic carbocycles. The van der Waals surface area contributed by atoms with Gasteiger partial charge in [-0.25, -0.2) is 0 Å². The molecule has 0 aliphatic carbocycles. The SMILES string of the molecule is CCCCCCCC(=O)Oc1c2ccccc2c(OC(O)CCCCCCC)c2ccccc12. The lowest BCUT2D eigenvalue weighted by atomic mass is 10.0. The molecule has 0 bridgehead atoms. The van der Waals surface area contributed by atoms with Gasteiger partial charge in [0.05, 0.1) is 0 Å². The third-order valence-corrected chi connectivity index (χ3v) is 6.34. The molecule has 0 heterocycles. The number of aliphatic hydroxyl groups excluding tert-OH is 1. The minimum atomic E-state index is -0.870. The van der Waals surface area contributed by atoms with Crippen molar-refractivity contribution in [3.63, 3.8) is 0 Å². The number of ether oxygens (including phenoxy) is 2. The Morgan fingerprint density at radius 1 is 0.706 bits per heavy atom. The van der Waals surface area contributed by atoms with Gasteiger partial charge in [0.15, 0.2) is 6.29 Å². The second kappa shape index (κ2) is 14.0. The highest BCUT2D eigenvalue weighted by atomic mass is 16.6. The summed E-state index contributed by atoms with van der Waals surface area (Å²) in [7, 11) is 0. The first kappa shape index (κ1) is 26.0. The van der Waals surface area contributed by atoms with E-state index in [4.69, 9.17) is 9.47 Å². The zero-order chi connectivity index (χ0) is 24.2. The summed E-state index contributed by atoms with van der Waals surface area (Å²) in [6.45, 7) is 4.38. The van der Waals surface area contributed by atoms with Crippen LogP contribution in [0.5, 0.6) is 11.5 Å². The topological polar surface area (TPSA) is 55.8 Å². The van der Waals surface area contributed by atoms with Gasteiger partial charge in [0, 0.05) is 34.4 Å². The Balaban J connectivity index is 1.82. The van der Waals surface area contributed by atoms with Gasteiger partial charge < -0.3 is 14.6 Å². The Kier molecular flexibility index (Phi) is 10.7. The maximum Gasteiger partial charge on any atom is 0.311 e. The molecule has 3 rings (SSSR count). The van der Waals surface area contributed by atoms with Crippen molar-refractivity contribution >= 4 is 27.5 Å². The van der Waals surface area contributed by atoms with E-state index in [1.165, 1.54) is 32.1 Å². The van der Waals surface area contributed by atoms with Crippen molar-refractivity contribution in [3.8, 4) is 11.5 Å². The molecular weight excluding hydrogens is 424 g/mol. The first-order valence-electron chi connectivity index (χ1n) is 13.1. The van der Waals surface area contributed by atoms with Crippen molar-refractivity contribution in [3.05, 3.63) is 48.5 Å². The van der Waals surface area contributed by atoms with Crippen LogP contribution in [-0.4, -0.2) is 17.4 Å². The number of hydrogen-bond acceptors (Lipinski definition) is 4. The predicted molar refractivity (Wildman–Crippen MR) is 140 cm³/mol. The van der Waals surface area contributed by atoms with E-state index < -0.39 is 6.29 Å². The van der Waals surface area contributed by atoms with Gasteiger partial charge in [-0.2, -0.15) is 0 Å². The van der Waals surface area contributed by atoms with Gasteiger partial charge in [-0.05, 0) is 12.8 Å². The van der Waals surface area contributed by atoms with Gasteiger partial charge in [-0.1, -0.05) is 114 Å². The van der Waals surface area contributed by atoms with E-state index in [1.54, 1.807) is 0 Å². The number of esters is 1. The molecular formula is C30H40O4. The number of benzene rings is 3. The van der Waals surface area contributed by atoms with Crippen LogP contribution >= 0.6 is 0 Å². The fourth-order valence-electron chi connectivity index (χ4n) is 4.44. The van der Waals surface area contributed by atoms with Crippen molar-refractivity contribution in [2.45, 2.75) is 97.2 Å². The van der Waals surface area contributed by atoms with E-state index in [0.29, 0.717) is 24.3 Å². The summed E-state index contributed by atoms with van der Waals surface area (Å²) in [6, 6.07) is 15.6. The number of rotatable bonds is 15. The second-order valence-corrected chi connectivity index (χ2v) is 9.16. The van der Waals surface area contributed by atoms with Crippen LogP contribution in [0.4, 0.5) is 0 Å². The van der Waals surface area contributed by atoms with Gasteiger partial charge >= 0.3 is 5.97 Å². The molecule has 0 aliphatic rings. The Bertz CT molecular complexity index is 986. The van der Waals surface area contributed by atoms with E-state index in [0.717, 1.165) is 53.6 Å². The van der Waals surface area contributed by atoms with Gasteiger partial charge in [-0.15, -0.1) is 0 Å². The number of unbranched alkanes of at least 4 members (excludes halogenated alkanes) is 8. The van der Waals surface area contributed by atoms with Crippen molar-refractivity contribution in [2.75, 3.05) is 0 Å². The zero-order valence-electron chi connectivity index (χ0n) is 20.9. The molecule has 0 aromatic heterocycles. The molecule has 1 unspecified atom stereocenters. The maximum absolute atomic E-state index is 12.7. The van der Waals surface area contributed by atoms with Crippen LogP contribution in [0, 0.1) is 0 Å². The molecule has 34 heavy (non-hydrogen) atoms. The van der Waals surface area contributed by atoms with Crippen molar-refractivity contribution in [2.24, 2.45) is 0 Å². The lowest BCUT2D eigenvalue weighted by Crippen LogP contribution is -2.16. The Morgan fingerprint density at radius 3 is 1.71 bits per heavy atom. The number of carbonyl (C=O) groups excluding carboxylic acids is 1. The molecule has 0 radical (unpaired) electrons. The standard InChI is InChI=1S/C30H40O4/c1-3-5-7-9-11-21-27(31)33-29-23-17-13-15-19-25(23)30(26-20-16-14-18-24(26)29)34-28(32)22-12-10-8-6-4-2/h13-20,27,31H,3-12,21-22H2,1-2H3. The smallest absolute Gasteiger partial charge is 0.311 e. The second-order valence-electron chi connectivity index (χ2n) is 9.16. The van der Waals surface area contributed by atoms with Crippen LogP contribution in [0.25, 0.3) is 21.5 Å². The third kappa shape index (κ3) is 7.20. The quantitative estimate of drug-likeness (QED) is 0.0807. The van der Waals surface area contributed by atoms with E-state index >= 15 is 0 Å². The normalized spacial score (nSPS) is 12.2. The summed E-state index contributed by atoms with van der Waals surface area (Å²) in [5, 5.41) is 14.0. The van der Waals surface area contributed by atoms with Gasteiger partial charge in [0.1, 0.15) is 11.5 Å². The molecule has 0 saturated carbocycles. The zero-order valence-corrected chi connectivity index (χ0v) is 20.9. The van der Waals surface area contributed by atoms with Crippen LogP contribution in [0.15, 0.2) is 48.5 Å². The molecule has 1 N–H and O–H groups in total. The van der Waals surface area contributed by atoms with E-state index in [9.17, 15) is 9.90 Å².